The zero-order valence-corrected chi connectivity index (χ0v) is 16.3. The van der Waals surface area contributed by atoms with Crippen molar-refractivity contribution in [3.63, 3.8) is 0 Å². The van der Waals surface area contributed by atoms with Crippen LogP contribution < -0.4 is 10.2 Å². The van der Waals surface area contributed by atoms with Gasteiger partial charge in [0, 0.05) is 34.3 Å². The van der Waals surface area contributed by atoms with Gasteiger partial charge in [-0.25, -0.2) is 0 Å². The number of furan rings is 2. The summed E-state index contributed by atoms with van der Waals surface area (Å²) in [4.78, 5) is 27.2. The zero-order valence-electron chi connectivity index (χ0n) is 16.3. The summed E-state index contributed by atoms with van der Waals surface area (Å²) < 4.78 is 13.0. The number of nitrogens with one attached hydrogen (secondary N) is 1. The van der Waals surface area contributed by atoms with Crippen LogP contribution in [0.15, 0.2) is 76.1 Å². The molecule has 0 spiro atoms. The monoisotopic (exact) mass is 401 g/mol. The van der Waals surface area contributed by atoms with Crippen LogP contribution >= 0.6 is 0 Å². The highest BCUT2D eigenvalue weighted by Crippen LogP contribution is 2.30. The minimum absolute atomic E-state index is 0.166. The average molecular weight is 401 g/mol. The summed E-state index contributed by atoms with van der Waals surface area (Å²) in [7, 11) is 0. The third-order valence-corrected chi connectivity index (χ3v) is 5.26. The van der Waals surface area contributed by atoms with Gasteiger partial charge in [0.05, 0.1) is 25.6 Å². The van der Waals surface area contributed by atoms with Gasteiger partial charge in [0.25, 0.3) is 11.8 Å². The minimum atomic E-state index is -0.329. The van der Waals surface area contributed by atoms with Gasteiger partial charge >= 0.3 is 0 Å². The van der Waals surface area contributed by atoms with Gasteiger partial charge in [-0.1, -0.05) is 0 Å². The molecular formula is C23H19N3O4. The number of aromatic nitrogens is 1. The molecule has 4 heterocycles. The highest BCUT2D eigenvalue weighted by atomic mass is 16.4. The molecule has 0 saturated heterocycles. The molecule has 3 aromatic heterocycles. The summed E-state index contributed by atoms with van der Waals surface area (Å²) in [5.41, 5.74) is 3.84. The van der Waals surface area contributed by atoms with Crippen LogP contribution in [0, 0.1) is 6.92 Å². The molecule has 1 aromatic carbocycles. The van der Waals surface area contributed by atoms with Crippen molar-refractivity contribution in [3.8, 4) is 0 Å². The first kappa shape index (κ1) is 18.1. The second-order valence-corrected chi connectivity index (χ2v) is 7.23. The van der Waals surface area contributed by atoms with Gasteiger partial charge in [0.2, 0.25) is 5.88 Å². The number of hydrogen-bond donors (Lipinski definition) is 1. The predicted molar refractivity (Wildman–Crippen MR) is 111 cm³/mol. The fourth-order valence-electron chi connectivity index (χ4n) is 3.66. The Kier molecular flexibility index (Phi) is 4.28. The van der Waals surface area contributed by atoms with Gasteiger partial charge in [0.1, 0.15) is 0 Å². The number of hydrogen-bond acceptors (Lipinski definition) is 4. The Bertz CT molecular complexity index is 1230. The number of carbonyl (C=O) groups is 2. The summed E-state index contributed by atoms with van der Waals surface area (Å²) in [6.45, 7) is 2.89. The molecule has 7 nitrogen and oxygen atoms in total. The van der Waals surface area contributed by atoms with E-state index in [1.54, 1.807) is 48.4 Å². The van der Waals surface area contributed by atoms with Crippen molar-refractivity contribution in [3.05, 3.63) is 95.4 Å². The second-order valence-electron chi connectivity index (χ2n) is 7.23. The van der Waals surface area contributed by atoms with E-state index in [9.17, 15) is 9.59 Å². The molecule has 0 fully saturated rings. The lowest BCUT2D eigenvalue weighted by Crippen LogP contribution is -2.30. The van der Waals surface area contributed by atoms with Crippen LogP contribution in [0.4, 0.5) is 11.6 Å². The number of rotatable bonds is 3. The van der Waals surface area contributed by atoms with Crippen LogP contribution in [0.5, 0.6) is 0 Å². The fraction of sp³-hybridized carbons (Fsp3) is 0.130. The maximum atomic E-state index is 13.3. The lowest BCUT2D eigenvalue weighted by atomic mass is 10.1. The molecule has 1 N–H and O–H groups in total. The smallest absolute Gasteiger partial charge is 0.291 e. The second kappa shape index (κ2) is 7.11. The molecule has 1 aliphatic rings. The molecule has 0 atom stereocenters. The van der Waals surface area contributed by atoms with E-state index in [1.807, 2.05) is 24.4 Å². The highest BCUT2D eigenvalue weighted by molar-refractivity contribution is 6.07. The van der Waals surface area contributed by atoms with E-state index in [4.69, 9.17) is 8.83 Å². The lowest BCUT2D eigenvalue weighted by Gasteiger charge is -2.19. The molecule has 0 bridgehead atoms. The van der Waals surface area contributed by atoms with Gasteiger partial charge in [-0.2, -0.15) is 0 Å². The molecule has 4 aromatic rings. The summed E-state index contributed by atoms with van der Waals surface area (Å²) in [6.07, 6.45) is 5.08. The molecule has 150 valence electrons. The summed E-state index contributed by atoms with van der Waals surface area (Å²) >= 11 is 0. The van der Waals surface area contributed by atoms with Crippen LogP contribution in [-0.2, 0) is 13.1 Å². The predicted octanol–water partition coefficient (Wildman–Crippen LogP) is 4.44. The van der Waals surface area contributed by atoms with Gasteiger partial charge < -0.3 is 18.7 Å². The average Bonchev–Trinajstić information content (AvgIpc) is 3.47. The maximum absolute atomic E-state index is 13.3. The first-order chi connectivity index (χ1) is 14.6. The van der Waals surface area contributed by atoms with Crippen molar-refractivity contribution >= 4 is 23.4 Å². The van der Waals surface area contributed by atoms with Crippen molar-refractivity contribution < 1.29 is 18.4 Å². The Balaban J connectivity index is 1.38. The van der Waals surface area contributed by atoms with Crippen LogP contribution in [0.3, 0.4) is 0 Å². The van der Waals surface area contributed by atoms with E-state index in [0.717, 1.165) is 16.8 Å². The molecule has 0 aliphatic carbocycles. The van der Waals surface area contributed by atoms with Crippen LogP contribution in [-0.4, -0.2) is 16.4 Å². The molecule has 2 amide bonds. The van der Waals surface area contributed by atoms with Gasteiger partial charge in [0.15, 0.2) is 5.76 Å². The number of fused-ring (bicyclic) bond motifs is 2. The molecule has 0 saturated carbocycles. The Labute approximate surface area is 172 Å². The molecule has 0 unspecified atom stereocenters. The molecule has 30 heavy (non-hydrogen) atoms. The van der Waals surface area contributed by atoms with E-state index in [-0.39, 0.29) is 17.6 Å². The van der Waals surface area contributed by atoms with Gasteiger partial charge in [-0.3, -0.25) is 14.5 Å². The summed E-state index contributed by atoms with van der Waals surface area (Å²) in [5.74, 6) is 0.341. The van der Waals surface area contributed by atoms with Crippen molar-refractivity contribution in [2.75, 3.05) is 10.2 Å². The maximum Gasteiger partial charge on any atom is 0.291 e. The first-order valence-corrected chi connectivity index (χ1v) is 9.58. The van der Waals surface area contributed by atoms with Crippen LogP contribution in [0.2, 0.25) is 0 Å². The molecule has 0 radical (unpaired) electrons. The van der Waals surface area contributed by atoms with Crippen LogP contribution in [0.25, 0.3) is 0 Å². The molecule has 5 rings (SSSR count). The molecular weight excluding hydrogens is 382 g/mol. The summed E-state index contributed by atoms with van der Waals surface area (Å²) in [6, 6.07) is 14.4. The van der Waals surface area contributed by atoms with E-state index in [1.165, 1.54) is 6.26 Å². The van der Waals surface area contributed by atoms with Crippen molar-refractivity contribution in [1.29, 1.82) is 0 Å². The third kappa shape index (κ3) is 3.10. The first-order valence-electron chi connectivity index (χ1n) is 9.58. The quantitative estimate of drug-likeness (QED) is 0.550. The number of carbonyl (C=O) groups excluding carboxylic acids is 2. The van der Waals surface area contributed by atoms with Crippen molar-refractivity contribution in [1.82, 2.24) is 4.57 Å². The van der Waals surface area contributed by atoms with Gasteiger partial charge in [-0.15, -0.1) is 0 Å². The largest absolute Gasteiger partial charge is 0.459 e. The summed E-state index contributed by atoms with van der Waals surface area (Å²) in [5, 5.41) is 2.78. The normalized spacial score (nSPS) is 12.8. The Morgan fingerprint density at radius 3 is 2.53 bits per heavy atom. The minimum Gasteiger partial charge on any atom is -0.459 e. The standard InChI is InChI=1S/C23H19N3O4/c1-15-8-11-29-20(15)21(27)24-18-6-4-16(5-7-18)22(28)26-14-19-3-2-10-25(19)13-17-9-12-30-23(17)26/h2-12H,13-14H2,1H3,(H,24,27). The highest BCUT2D eigenvalue weighted by Gasteiger charge is 2.27. The fourth-order valence-corrected chi connectivity index (χ4v) is 3.66. The van der Waals surface area contributed by atoms with E-state index in [0.29, 0.717) is 30.2 Å². The van der Waals surface area contributed by atoms with Crippen LogP contribution in [0.1, 0.15) is 37.7 Å². The van der Waals surface area contributed by atoms with E-state index >= 15 is 0 Å². The third-order valence-electron chi connectivity index (χ3n) is 5.26. The topological polar surface area (TPSA) is 80.6 Å². The number of nitrogens with zero attached hydrogens (tertiary/aromatic N) is 2. The Morgan fingerprint density at radius 2 is 1.77 bits per heavy atom. The SMILES string of the molecule is Cc1ccoc1C(=O)Nc1ccc(C(=O)N2Cc3cccn3Cc3ccoc32)cc1. The number of anilines is 2. The lowest BCUT2D eigenvalue weighted by molar-refractivity contribution is 0.0978. The van der Waals surface area contributed by atoms with Crippen molar-refractivity contribution in [2.24, 2.45) is 0 Å². The Morgan fingerprint density at radius 1 is 0.967 bits per heavy atom. The van der Waals surface area contributed by atoms with Gasteiger partial charge in [-0.05, 0) is 55.5 Å². The van der Waals surface area contributed by atoms with E-state index in [2.05, 4.69) is 9.88 Å². The Hall–Kier alpha value is -4.00. The zero-order chi connectivity index (χ0) is 20.7. The number of benzene rings is 1. The number of amides is 2. The molecule has 1 aliphatic heterocycles. The molecule has 7 heteroatoms. The van der Waals surface area contributed by atoms with E-state index < -0.39 is 0 Å². The number of aryl methyl sites for hydroxylation is 1. The van der Waals surface area contributed by atoms with Crippen molar-refractivity contribution in [2.45, 2.75) is 20.0 Å².